The molecule has 0 spiro atoms. The number of rotatable bonds is 38. The number of carbonyl (C=O) groups excluding carboxylic acids is 9. The number of aliphatic hydroxyl groups excluding tert-OH is 1. The molecule has 0 radical (unpaired) electrons. The number of nitrogens with one attached hydrogen (secondary N) is 8. The normalized spacial score (nSPS) is 14.4. The van der Waals surface area contributed by atoms with Crippen LogP contribution in [0.15, 0.2) is 59.6 Å². The molecular weight excluding hydrogens is 1070 g/mol. The van der Waals surface area contributed by atoms with Gasteiger partial charge in [-0.05, 0) is 86.6 Å². The van der Waals surface area contributed by atoms with E-state index in [-0.39, 0.29) is 88.0 Å². The van der Waals surface area contributed by atoms with Crippen LogP contribution < -0.4 is 71.2 Å². The summed E-state index contributed by atoms with van der Waals surface area (Å²) in [6.45, 7) is 6.10. The number of nitrogens with zero attached hydrogens (tertiary/aromatic N) is 1. The fourth-order valence-electron chi connectivity index (χ4n) is 8.14. The maximum Gasteiger partial charge on any atom is 0.326 e. The summed E-state index contributed by atoms with van der Waals surface area (Å²) in [7, 11) is 0. The molecular formula is C53H82N14O15. The van der Waals surface area contributed by atoms with Crippen molar-refractivity contribution in [2.75, 3.05) is 19.7 Å². The lowest BCUT2D eigenvalue weighted by Gasteiger charge is -2.29. The Balaban J connectivity index is 2.41. The third-order valence-electron chi connectivity index (χ3n) is 12.3. The predicted octanol–water partition coefficient (Wildman–Crippen LogP) is -3.92. The van der Waals surface area contributed by atoms with E-state index in [1.54, 1.807) is 58.0 Å². The second-order valence-corrected chi connectivity index (χ2v) is 20.4. The highest BCUT2D eigenvalue weighted by atomic mass is 16.4. The van der Waals surface area contributed by atoms with Gasteiger partial charge in [0.15, 0.2) is 5.96 Å². The Hall–Kier alpha value is -8.44. The molecule has 9 atom stereocenters. The maximum absolute atomic E-state index is 14.3. The Bertz CT molecular complexity index is 2500. The first-order valence-corrected chi connectivity index (χ1v) is 26.7. The van der Waals surface area contributed by atoms with Gasteiger partial charge in [0.05, 0.1) is 25.5 Å². The Labute approximate surface area is 474 Å². The lowest BCUT2D eigenvalue weighted by atomic mass is 9.99. The smallest absolute Gasteiger partial charge is 0.326 e. The molecule has 454 valence electrons. The van der Waals surface area contributed by atoms with Crippen LogP contribution >= 0.6 is 0 Å². The summed E-state index contributed by atoms with van der Waals surface area (Å²) >= 11 is 0. The zero-order chi connectivity index (χ0) is 61.6. The van der Waals surface area contributed by atoms with E-state index in [1.807, 2.05) is 0 Å². The summed E-state index contributed by atoms with van der Waals surface area (Å²) in [6.07, 6.45) is -1.52. The average molecular weight is 1160 g/mol. The van der Waals surface area contributed by atoms with Crippen LogP contribution in [0.3, 0.4) is 0 Å². The number of aliphatic imine (C=N–C) groups is 1. The summed E-state index contributed by atoms with van der Waals surface area (Å²) in [4.78, 5) is 151. The number of carboxylic acid groups (broad SMARTS) is 2. The zero-order valence-corrected chi connectivity index (χ0v) is 46.6. The molecule has 82 heavy (non-hydrogen) atoms. The van der Waals surface area contributed by atoms with Crippen LogP contribution in [-0.4, -0.2) is 166 Å². The van der Waals surface area contributed by atoms with Crippen molar-refractivity contribution < 1.29 is 73.2 Å². The van der Waals surface area contributed by atoms with Crippen molar-refractivity contribution in [2.24, 2.45) is 45.5 Å². The number of guanidine groups is 1. The number of aliphatic carboxylic acids is 2. The van der Waals surface area contributed by atoms with Crippen molar-refractivity contribution in [1.29, 1.82) is 0 Å². The van der Waals surface area contributed by atoms with E-state index < -0.39 is 139 Å². The average Bonchev–Trinajstić information content (AvgIpc) is 3.39. The van der Waals surface area contributed by atoms with E-state index >= 15 is 0 Å². The van der Waals surface area contributed by atoms with Crippen LogP contribution in [0, 0.1) is 11.8 Å². The number of benzene rings is 2. The number of phenolic OH excluding ortho intramolecular Hbond substituents is 1. The topological polar surface area (TPSA) is 507 Å². The molecule has 29 nitrogen and oxygen atoms in total. The first-order chi connectivity index (χ1) is 38.6. The van der Waals surface area contributed by atoms with Crippen LogP contribution in [-0.2, 0) is 65.6 Å². The van der Waals surface area contributed by atoms with E-state index in [0.717, 1.165) is 0 Å². The van der Waals surface area contributed by atoms with Gasteiger partial charge in [-0.25, -0.2) is 4.79 Å². The number of unbranched alkanes of at least 4 members (excludes halogenated alkanes) is 1. The Morgan fingerprint density at radius 1 is 0.500 bits per heavy atom. The fourth-order valence-corrected chi connectivity index (χ4v) is 8.14. The molecule has 2 rings (SSSR count). The van der Waals surface area contributed by atoms with Gasteiger partial charge in [-0.2, -0.15) is 0 Å². The molecule has 0 aliphatic rings. The summed E-state index contributed by atoms with van der Waals surface area (Å²) in [5, 5.41) is 59.0. The SMILES string of the molecule is CC(C)C[C@H](NC(=O)[C@H](CC(C)C)NC(=O)[C@H](CO)NC(=O)[C@H](Cc1ccc(O)cc1)NC(=O)[C@@H](N)CC(=O)O)C(=O)N[C@@H](CCCCN)C(=O)N[C@@H](CC(N)=O)C(=O)N[C@@H](CCCN=C(N)N)C(=O)N[C@@H](Cc1ccccc1)C(=O)O. The monoisotopic (exact) mass is 1150 g/mol. The van der Waals surface area contributed by atoms with Crippen molar-refractivity contribution in [3.05, 3.63) is 65.7 Å². The molecule has 0 aliphatic heterocycles. The molecule has 0 saturated carbocycles. The maximum atomic E-state index is 14.3. The molecule has 22 N–H and O–H groups in total. The number of carboxylic acids is 2. The number of hydrogen-bond acceptors (Lipinski definition) is 16. The third kappa shape index (κ3) is 26.7. The van der Waals surface area contributed by atoms with Gasteiger partial charge in [-0.3, -0.25) is 52.9 Å². The van der Waals surface area contributed by atoms with Crippen LogP contribution in [0.1, 0.15) is 96.6 Å². The third-order valence-corrected chi connectivity index (χ3v) is 12.3. The van der Waals surface area contributed by atoms with Gasteiger partial charge in [0.2, 0.25) is 53.2 Å². The summed E-state index contributed by atoms with van der Waals surface area (Å²) < 4.78 is 0. The minimum Gasteiger partial charge on any atom is -0.508 e. The fraction of sp³-hybridized carbons (Fsp3) is 0.547. The number of amides is 9. The minimum atomic E-state index is -1.75. The number of phenols is 1. The Morgan fingerprint density at radius 2 is 0.915 bits per heavy atom. The van der Waals surface area contributed by atoms with E-state index in [0.29, 0.717) is 17.5 Å². The first-order valence-electron chi connectivity index (χ1n) is 26.7. The zero-order valence-electron chi connectivity index (χ0n) is 46.6. The summed E-state index contributed by atoms with van der Waals surface area (Å²) in [5.74, 6) is -12.6. The predicted molar refractivity (Wildman–Crippen MR) is 298 cm³/mol. The van der Waals surface area contributed by atoms with E-state index in [4.69, 9.17) is 33.8 Å². The molecule has 0 aromatic heterocycles. The summed E-state index contributed by atoms with van der Waals surface area (Å²) in [6, 6.07) is 0.225. The largest absolute Gasteiger partial charge is 0.508 e. The van der Waals surface area contributed by atoms with Crippen molar-refractivity contribution in [3.63, 3.8) is 0 Å². The molecule has 0 unspecified atom stereocenters. The van der Waals surface area contributed by atoms with Gasteiger partial charge in [0.25, 0.3) is 0 Å². The van der Waals surface area contributed by atoms with Gasteiger partial charge in [0, 0.05) is 19.4 Å². The van der Waals surface area contributed by atoms with Gasteiger partial charge in [-0.15, -0.1) is 0 Å². The van der Waals surface area contributed by atoms with Gasteiger partial charge >= 0.3 is 11.9 Å². The van der Waals surface area contributed by atoms with Crippen LogP contribution in [0.2, 0.25) is 0 Å². The van der Waals surface area contributed by atoms with Gasteiger partial charge in [-0.1, -0.05) is 70.2 Å². The quantitative estimate of drug-likeness (QED) is 0.0174. The number of nitrogens with two attached hydrogens (primary N) is 5. The number of aromatic hydroxyl groups is 1. The first kappa shape index (κ1) is 69.7. The van der Waals surface area contributed by atoms with E-state index in [9.17, 15) is 68.1 Å². The second kappa shape index (κ2) is 36.0. The molecule has 0 fully saturated rings. The molecule has 0 bridgehead atoms. The van der Waals surface area contributed by atoms with Crippen LogP contribution in [0.5, 0.6) is 5.75 Å². The lowest BCUT2D eigenvalue weighted by Crippen LogP contribution is -2.61. The van der Waals surface area contributed by atoms with Gasteiger partial charge < -0.3 is 91.6 Å². The van der Waals surface area contributed by atoms with E-state index in [1.165, 1.54) is 24.3 Å². The number of primary amides is 1. The van der Waals surface area contributed by atoms with Gasteiger partial charge in [0.1, 0.15) is 54.1 Å². The molecule has 0 heterocycles. The standard InChI is InChI=1S/C53H82N14O15/c1-28(2)21-36(63-48(77)37(22-29(3)4)64-51(80)41(27-68)67-49(78)38(23-31-15-17-32(69)18-16-31)62-44(73)33(55)25-43(71)72)47(76)60-34(13-8-9-19-54)45(74)65-39(26-42(56)70)50(79)61-35(14-10-20-59-53(57)58)46(75)66-40(52(81)82)24-30-11-6-5-7-12-30/h5-7,11-12,15-18,28-29,33-41,68-69H,8-10,13-14,19-27,54-55H2,1-4H3,(H2,56,70)(H,60,76)(H,61,79)(H,62,73)(H,63,77)(H,64,80)(H,65,74)(H,66,75)(H,67,78)(H,71,72)(H,81,82)(H4,57,58,59)/t33-,34-,35-,36-,37-,38-,39-,40-,41-/m0/s1. The summed E-state index contributed by atoms with van der Waals surface area (Å²) in [5.41, 5.74) is 28.9. The van der Waals surface area contributed by atoms with Crippen molar-refractivity contribution in [3.8, 4) is 5.75 Å². The molecule has 2 aromatic rings. The molecule has 29 heteroatoms. The minimum absolute atomic E-state index is 0.000405. The molecule has 9 amide bonds. The van der Waals surface area contributed by atoms with Crippen LogP contribution in [0.25, 0.3) is 0 Å². The van der Waals surface area contributed by atoms with Crippen molar-refractivity contribution >= 4 is 71.1 Å². The lowest BCUT2D eigenvalue weighted by molar-refractivity contribution is -0.142. The highest BCUT2D eigenvalue weighted by Crippen LogP contribution is 2.15. The van der Waals surface area contributed by atoms with Crippen molar-refractivity contribution in [1.82, 2.24) is 42.5 Å². The Kier molecular flexibility index (Phi) is 30.6. The highest BCUT2D eigenvalue weighted by molar-refractivity contribution is 5.99. The van der Waals surface area contributed by atoms with E-state index in [2.05, 4.69) is 47.5 Å². The Morgan fingerprint density at radius 3 is 1.39 bits per heavy atom. The molecule has 0 saturated heterocycles. The van der Waals surface area contributed by atoms with Crippen molar-refractivity contribution in [2.45, 2.75) is 153 Å². The molecule has 0 aliphatic carbocycles. The second-order valence-electron chi connectivity index (χ2n) is 20.4. The van der Waals surface area contributed by atoms with Crippen LogP contribution in [0.4, 0.5) is 0 Å². The highest BCUT2D eigenvalue weighted by Gasteiger charge is 2.36. The molecule has 2 aromatic carbocycles. The number of hydrogen-bond donors (Lipinski definition) is 17. The number of carbonyl (C=O) groups is 11. The number of aliphatic hydroxyl groups is 1.